The Hall–Kier alpha value is -2.70. The van der Waals surface area contributed by atoms with Crippen molar-refractivity contribution in [3.63, 3.8) is 0 Å². The van der Waals surface area contributed by atoms with Crippen molar-refractivity contribution in [2.24, 2.45) is 0 Å². The Bertz CT molecular complexity index is 1160. The molecule has 2 aromatic carbocycles. The summed E-state index contributed by atoms with van der Waals surface area (Å²) in [6, 6.07) is 10.8. The maximum Gasteiger partial charge on any atom is 0.414 e. The summed E-state index contributed by atoms with van der Waals surface area (Å²) in [4.78, 5) is 13.9. The van der Waals surface area contributed by atoms with Gasteiger partial charge < -0.3 is 14.0 Å². The first-order chi connectivity index (χ1) is 15.9. The van der Waals surface area contributed by atoms with E-state index in [9.17, 15) is 4.79 Å². The number of aromatic nitrogens is 1. The zero-order valence-electron chi connectivity index (χ0n) is 20.5. The number of aryl methyl sites for hydroxylation is 1. The highest BCUT2D eigenvalue weighted by molar-refractivity contribution is 6.39. The molecular weight excluding hydrogens is 475 g/mol. The van der Waals surface area contributed by atoms with Gasteiger partial charge in [0, 0.05) is 24.2 Å². The van der Waals surface area contributed by atoms with Gasteiger partial charge in [-0.3, -0.25) is 4.90 Å². The number of hydrogen-bond acceptors (Lipinski definition) is 5. The zero-order valence-corrected chi connectivity index (χ0v) is 22.0. The van der Waals surface area contributed by atoms with E-state index in [0.29, 0.717) is 32.8 Å². The van der Waals surface area contributed by atoms with E-state index >= 15 is 0 Å². The molecule has 3 rings (SSSR count). The number of carbonyl (C=O) groups is 1. The normalized spacial score (nSPS) is 11.6. The molecule has 182 valence electrons. The summed E-state index contributed by atoms with van der Waals surface area (Å²) in [6.45, 7) is 11.7. The van der Waals surface area contributed by atoms with Crippen LogP contribution in [0.25, 0.3) is 11.3 Å². The lowest BCUT2D eigenvalue weighted by Gasteiger charge is -2.25. The van der Waals surface area contributed by atoms with Crippen LogP contribution in [0.5, 0.6) is 5.75 Å². The Balaban J connectivity index is 1.85. The van der Waals surface area contributed by atoms with Gasteiger partial charge in [-0.2, -0.15) is 0 Å². The predicted octanol–water partition coefficient (Wildman–Crippen LogP) is 8.03. The van der Waals surface area contributed by atoms with Crippen molar-refractivity contribution in [2.75, 3.05) is 11.9 Å². The highest BCUT2D eigenvalue weighted by atomic mass is 35.5. The van der Waals surface area contributed by atoms with Gasteiger partial charge in [0.25, 0.3) is 0 Å². The maximum atomic E-state index is 12.4. The minimum Gasteiger partial charge on any atom is -0.489 e. The van der Waals surface area contributed by atoms with Gasteiger partial charge in [-0.25, -0.2) is 4.79 Å². The summed E-state index contributed by atoms with van der Waals surface area (Å²) in [6.07, 6.45) is -0.420. The van der Waals surface area contributed by atoms with Crippen molar-refractivity contribution in [3.05, 3.63) is 63.3 Å². The number of carbonyl (C=O) groups excluding carboxylic acids is 1. The molecule has 6 nitrogen and oxygen atoms in total. The molecule has 8 heteroatoms. The van der Waals surface area contributed by atoms with E-state index < -0.39 is 11.7 Å². The molecule has 0 unspecified atom stereocenters. The summed E-state index contributed by atoms with van der Waals surface area (Å²) >= 11 is 12.9. The zero-order chi connectivity index (χ0) is 25.2. The van der Waals surface area contributed by atoms with Gasteiger partial charge in [0.2, 0.25) is 0 Å². The molecule has 1 amide bonds. The van der Waals surface area contributed by atoms with Crippen LogP contribution in [-0.2, 0) is 11.3 Å². The second kappa shape index (κ2) is 10.3. The average molecular weight is 505 g/mol. The predicted molar refractivity (Wildman–Crippen MR) is 136 cm³/mol. The Kier molecular flexibility index (Phi) is 7.84. The number of anilines is 1. The summed E-state index contributed by atoms with van der Waals surface area (Å²) in [7, 11) is 1.68. The monoisotopic (exact) mass is 504 g/mol. The lowest BCUT2D eigenvalue weighted by Crippen LogP contribution is -2.34. The molecule has 0 aliphatic heterocycles. The number of hydrogen-bond donors (Lipinski definition) is 0. The van der Waals surface area contributed by atoms with Crippen LogP contribution in [0.2, 0.25) is 10.0 Å². The Morgan fingerprint density at radius 3 is 2.35 bits per heavy atom. The maximum absolute atomic E-state index is 12.4. The van der Waals surface area contributed by atoms with E-state index in [2.05, 4.69) is 5.16 Å². The van der Waals surface area contributed by atoms with Gasteiger partial charge in [0.15, 0.2) is 0 Å². The summed E-state index contributed by atoms with van der Waals surface area (Å²) in [5, 5.41) is 5.24. The van der Waals surface area contributed by atoms with Gasteiger partial charge in [0.1, 0.15) is 29.4 Å². The van der Waals surface area contributed by atoms with E-state index in [4.69, 9.17) is 37.2 Å². The molecule has 3 aromatic rings. The van der Waals surface area contributed by atoms with Crippen LogP contribution in [0.15, 0.2) is 40.9 Å². The van der Waals surface area contributed by atoms with Crippen LogP contribution in [0.1, 0.15) is 57.4 Å². The number of nitrogens with zero attached hydrogens (tertiary/aromatic N) is 2. The number of benzene rings is 2. The Morgan fingerprint density at radius 2 is 1.79 bits per heavy atom. The van der Waals surface area contributed by atoms with Crippen molar-refractivity contribution in [2.45, 2.75) is 59.7 Å². The number of halogens is 2. The summed E-state index contributed by atoms with van der Waals surface area (Å²) in [5.74, 6) is 1.45. The largest absolute Gasteiger partial charge is 0.489 e. The molecule has 1 heterocycles. The Morgan fingerprint density at radius 1 is 1.15 bits per heavy atom. The summed E-state index contributed by atoms with van der Waals surface area (Å²) in [5.41, 5.74) is 3.00. The standard InChI is InChI=1S/C26H30Cl2N2O4/c1-15(2)24-18(23(29-34-24)22-19(27)9-8-10-20(22)28)14-32-17-11-12-21(16(3)13-17)30(7)25(31)33-26(4,5)6/h8-13,15H,14H2,1-7H3. The molecular formula is C26H30Cl2N2O4. The smallest absolute Gasteiger partial charge is 0.414 e. The van der Waals surface area contributed by atoms with E-state index in [1.165, 1.54) is 4.90 Å². The first kappa shape index (κ1) is 25.9. The van der Waals surface area contributed by atoms with Crippen molar-refractivity contribution in [1.29, 1.82) is 0 Å². The topological polar surface area (TPSA) is 64.8 Å². The lowest BCUT2D eigenvalue weighted by atomic mass is 10.0. The molecule has 0 radical (unpaired) electrons. The van der Waals surface area contributed by atoms with Gasteiger partial charge in [-0.15, -0.1) is 0 Å². The molecule has 0 fully saturated rings. The van der Waals surface area contributed by atoms with Gasteiger partial charge in [0.05, 0.1) is 15.6 Å². The molecule has 0 aliphatic rings. The number of ether oxygens (including phenoxy) is 2. The van der Waals surface area contributed by atoms with Crippen LogP contribution < -0.4 is 9.64 Å². The van der Waals surface area contributed by atoms with Crippen molar-refractivity contribution in [3.8, 4) is 17.0 Å². The Labute approximate surface area is 210 Å². The van der Waals surface area contributed by atoms with Crippen molar-refractivity contribution >= 4 is 35.0 Å². The van der Waals surface area contributed by atoms with Crippen molar-refractivity contribution in [1.82, 2.24) is 5.16 Å². The minimum absolute atomic E-state index is 0.0905. The van der Waals surface area contributed by atoms with Gasteiger partial charge >= 0.3 is 6.09 Å². The fourth-order valence-electron chi connectivity index (χ4n) is 3.51. The highest BCUT2D eigenvalue weighted by Crippen LogP contribution is 2.39. The van der Waals surface area contributed by atoms with Gasteiger partial charge in [-0.05, 0) is 63.6 Å². The second-order valence-electron chi connectivity index (χ2n) is 9.40. The van der Waals surface area contributed by atoms with Gasteiger partial charge in [-0.1, -0.05) is 48.3 Å². The molecule has 0 saturated heterocycles. The molecule has 0 saturated carbocycles. The molecule has 0 N–H and O–H groups in total. The third kappa shape index (κ3) is 5.86. The SMILES string of the molecule is Cc1cc(OCc2c(-c3c(Cl)cccc3Cl)noc2C(C)C)ccc1N(C)C(=O)OC(C)(C)C. The molecule has 0 aliphatic carbocycles. The van der Waals surface area contributed by atoms with Crippen LogP contribution in [0, 0.1) is 6.92 Å². The number of rotatable bonds is 6. The van der Waals surface area contributed by atoms with E-state index in [1.54, 1.807) is 25.2 Å². The summed E-state index contributed by atoms with van der Waals surface area (Å²) < 4.78 is 17.2. The van der Waals surface area contributed by atoms with E-state index in [1.807, 2.05) is 59.7 Å². The molecule has 1 aromatic heterocycles. The quantitative estimate of drug-likeness (QED) is 0.339. The lowest BCUT2D eigenvalue weighted by molar-refractivity contribution is 0.0589. The second-order valence-corrected chi connectivity index (χ2v) is 10.2. The van der Waals surface area contributed by atoms with Crippen LogP contribution in [-0.4, -0.2) is 23.9 Å². The number of amides is 1. The van der Waals surface area contributed by atoms with Crippen LogP contribution in [0.4, 0.5) is 10.5 Å². The first-order valence-electron chi connectivity index (χ1n) is 11.0. The fraction of sp³-hybridized carbons (Fsp3) is 0.385. The van der Waals surface area contributed by atoms with E-state index in [0.717, 1.165) is 16.8 Å². The fourth-order valence-corrected chi connectivity index (χ4v) is 4.09. The average Bonchev–Trinajstić information content (AvgIpc) is 3.14. The highest BCUT2D eigenvalue weighted by Gasteiger charge is 2.24. The minimum atomic E-state index is -0.572. The van der Waals surface area contributed by atoms with E-state index in [-0.39, 0.29) is 12.5 Å². The first-order valence-corrected chi connectivity index (χ1v) is 11.8. The van der Waals surface area contributed by atoms with Crippen LogP contribution in [0.3, 0.4) is 0 Å². The third-order valence-electron chi connectivity index (χ3n) is 5.12. The third-order valence-corrected chi connectivity index (χ3v) is 5.75. The molecule has 0 bridgehead atoms. The molecule has 0 atom stereocenters. The molecule has 34 heavy (non-hydrogen) atoms. The van der Waals surface area contributed by atoms with Crippen LogP contribution >= 0.6 is 23.2 Å². The molecule has 0 spiro atoms. The van der Waals surface area contributed by atoms with Crippen molar-refractivity contribution < 1.29 is 18.8 Å².